The van der Waals surface area contributed by atoms with E-state index in [0.29, 0.717) is 58.1 Å². The van der Waals surface area contributed by atoms with Crippen LogP contribution in [0.3, 0.4) is 0 Å². The summed E-state index contributed by atoms with van der Waals surface area (Å²) < 4.78 is 16.9. The molecule has 39 heavy (non-hydrogen) atoms. The van der Waals surface area contributed by atoms with Crippen molar-refractivity contribution in [3.63, 3.8) is 0 Å². The van der Waals surface area contributed by atoms with Crippen LogP contribution < -0.4 is 14.2 Å². The number of fused-ring (bicyclic) bond motifs is 1. The van der Waals surface area contributed by atoms with E-state index in [1.807, 2.05) is 42.5 Å². The van der Waals surface area contributed by atoms with E-state index in [4.69, 9.17) is 25.8 Å². The summed E-state index contributed by atoms with van der Waals surface area (Å²) in [5.74, 6) is 2.09. The number of carbonyl (C=O) groups is 1. The zero-order valence-corrected chi connectivity index (χ0v) is 23.0. The van der Waals surface area contributed by atoms with Crippen LogP contribution in [0.1, 0.15) is 47.1 Å². The highest BCUT2D eigenvalue weighted by molar-refractivity contribution is 6.31. The van der Waals surface area contributed by atoms with Crippen LogP contribution >= 0.6 is 11.6 Å². The molecule has 1 atom stereocenters. The van der Waals surface area contributed by atoms with E-state index in [9.17, 15) is 9.90 Å². The van der Waals surface area contributed by atoms with Crippen molar-refractivity contribution in [1.29, 1.82) is 0 Å². The zero-order valence-electron chi connectivity index (χ0n) is 22.2. The Balaban J connectivity index is 1.63. The van der Waals surface area contributed by atoms with Crippen molar-refractivity contribution >= 4 is 17.5 Å². The third-order valence-corrected chi connectivity index (χ3v) is 6.90. The second-order valence-corrected chi connectivity index (χ2v) is 10.3. The first-order valence-corrected chi connectivity index (χ1v) is 13.0. The van der Waals surface area contributed by atoms with Crippen LogP contribution in [-0.2, 0) is 6.54 Å². The maximum absolute atomic E-state index is 13.8. The molecule has 2 heterocycles. The number of phenols is 1. The lowest BCUT2D eigenvalue weighted by Crippen LogP contribution is -2.29. The van der Waals surface area contributed by atoms with Crippen LogP contribution in [0.4, 0.5) is 0 Å². The Bertz CT molecular complexity index is 1500. The Morgan fingerprint density at radius 2 is 1.79 bits per heavy atom. The van der Waals surface area contributed by atoms with E-state index in [2.05, 4.69) is 24.0 Å². The predicted octanol–water partition coefficient (Wildman–Crippen LogP) is 6.23. The molecule has 2 N–H and O–H groups in total. The van der Waals surface area contributed by atoms with Crippen LogP contribution in [0, 0.1) is 5.92 Å². The maximum atomic E-state index is 13.8. The smallest absolute Gasteiger partial charge is 0.273 e. The molecule has 1 amide bonds. The van der Waals surface area contributed by atoms with Gasteiger partial charge in [-0.3, -0.25) is 9.89 Å². The number of rotatable bonds is 9. The van der Waals surface area contributed by atoms with Gasteiger partial charge in [-0.15, -0.1) is 0 Å². The van der Waals surface area contributed by atoms with Crippen LogP contribution in [0.15, 0.2) is 60.7 Å². The molecule has 1 unspecified atom stereocenters. The lowest BCUT2D eigenvalue weighted by atomic mass is 9.95. The normalized spacial score (nSPS) is 14.6. The molecule has 1 aliphatic heterocycles. The van der Waals surface area contributed by atoms with Gasteiger partial charge in [0.05, 0.1) is 26.9 Å². The minimum absolute atomic E-state index is 0.0171. The van der Waals surface area contributed by atoms with Crippen molar-refractivity contribution < 1.29 is 24.1 Å². The van der Waals surface area contributed by atoms with Gasteiger partial charge < -0.3 is 24.2 Å². The first kappa shape index (κ1) is 26.4. The summed E-state index contributed by atoms with van der Waals surface area (Å²) in [6.45, 7) is 5.04. The summed E-state index contributed by atoms with van der Waals surface area (Å²) in [6, 6.07) is 17.5. The summed E-state index contributed by atoms with van der Waals surface area (Å²) in [7, 11) is 3.21. The molecule has 8 nitrogen and oxygen atoms in total. The average molecular weight is 548 g/mol. The van der Waals surface area contributed by atoms with Crippen LogP contribution in [0.2, 0.25) is 5.02 Å². The molecule has 1 aromatic heterocycles. The van der Waals surface area contributed by atoms with E-state index in [1.165, 1.54) is 6.07 Å². The number of nitrogens with one attached hydrogen (secondary N) is 1. The molecule has 5 rings (SSSR count). The Kier molecular flexibility index (Phi) is 7.39. The molecule has 202 valence electrons. The van der Waals surface area contributed by atoms with Crippen molar-refractivity contribution in [3.05, 3.63) is 88.1 Å². The fourth-order valence-electron chi connectivity index (χ4n) is 4.77. The fourth-order valence-corrected chi connectivity index (χ4v) is 4.94. The molecule has 0 radical (unpaired) electrons. The first-order chi connectivity index (χ1) is 18.8. The number of hydrogen-bond donors (Lipinski definition) is 2. The van der Waals surface area contributed by atoms with E-state index in [-0.39, 0.29) is 11.7 Å². The van der Waals surface area contributed by atoms with Gasteiger partial charge in [0.15, 0.2) is 11.5 Å². The molecule has 3 aromatic carbocycles. The molecule has 0 bridgehead atoms. The second kappa shape index (κ2) is 10.9. The van der Waals surface area contributed by atoms with Crippen LogP contribution in [-0.4, -0.2) is 46.9 Å². The van der Waals surface area contributed by atoms with Crippen molar-refractivity contribution in [1.82, 2.24) is 15.1 Å². The number of methoxy groups -OCH3 is 2. The van der Waals surface area contributed by atoms with Gasteiger partial charge >= 0.3 is 0 Å². The highest BCUT2D eigenvalue weighted by atomic mass is 35.5. The van der Waals surface area contributed by atoms with Crippen molar-refractivity contribution in [2.45, 2.75) is 26.4 Å². The monoisotopic (exact) mass is 547 g/mol. The van der Waals surface area contributed by atoms with E-state index >= 15 is 0 Å². The number of H-pyrrole nitrogens is 1. The van der Waals surface area contributed by atoms with Crippen molar-refractivity contribution in [2.75, 3.05) is 20.8 Å². The third-order valence-electron chi connectivity index (χ3n) is 6.67. The zero-order chi connectivity index (χ0) is 27.7. The largest absolute Gasteiger partial charge is 0.507 e. The van der Waals surface area contributed by atoms with Gasteiger partial charge in [-0.2, -0.15) is 5.10 Å². The number of aromatic amines is 1. The molecular formula is C30H30ClN3O5. The fraction of sp³-hybridized carbons (Fsp3) is 0.267. The quantitative estimate of drug-likeness (QED) is 0.258. The van der Waals surface area contributed by atoms with Gasteiger partial charge in [0.1, 0.15) is 22.9 Å². The van der Waals surface area contributed by atoms with Crippen molar-refractivity contribution in [2.24, 2.45) is 5.92 Å². The molecule has 0 spiro atoms. The highest BCUT2D eigenvalue weighted by Gasteiger charge is 2.43. The Hall–Kier alpha value is -4.17. The number of halogens is 1. The number of phenolic OH excluding ortho intramolecular Hbond substituents is 1. The van der Waals surface area contributed by atoms with Gasteiger partial charge in [0.25, 0.3) is 5.91 Å². The lowest BCUT2D eigenvalue weighted by Gasteiger charge is -2.27. The topological polar surface area (TPSA) is 96.9 Å². The van der Waals surface area contributed by atoms with E-state index in [1.54, 1.807) is 31.3 Å². The van der Waals surface area contributed by atoms with Crippen LogP contribution in [0.25, 0.3) is 11.3 Å². The summed E-state index contributed by atoms with van der Waals surface area (Å²) in [4.78, 5) is 15.6. The molecular weight excluding hydrogens is 518 g/mol. The van der Waals surface area contributed by atoms with Gasteiger partial charge in [-0.25, -0.2) is 0 Å². The van der Waals surface area contributed by atoms with Gasteiger partial charge in [-0.1, -0.05) is 43.6 Å². The number of nitrogens with zero attached hydrogens (tertiary/aromatic N) is 2. The minimum Gasteiger partial charge on any atom is -0.507 e. The van der Waals surface area contributed by atoms with E-state index in [0.717, 1.165) is 16.9 Å². The van der Waals surface area contributed by atoms with Crippen molar-refractivity contribution in [3.8, 4) is 34.3 Å². The molecule has 0 saturated carbocycles. The number of aromatic hydroxyl groups is 1. The maximum Gasteiger partial charge on any atom is 0.273 e. The number of carbonyl (C=O) groups excluding carboxylic acids is 1. The second-order valence-electron chi connectivity index (χ2n) is 9.82. The summed E-state index contributed by atoms with van der Waals surface area (Å²) >= 11 is 6.27. The third kappa shape index (κ3) is 5.12. The molecule has 4 aromatic rings. The van der Waals surface area contributed by atoms with Crippen LogP contribution in [0.5, 0.6) is 23.0 Å². The lowest BCUT2D eigenvalue weighted by molar-refractivity contribution is 0.0730. The predicted molar refractivity (Wildman–Crippen MR) is 149 cm³/mol. The molecule has 0 saturated heterocycles. The standard InChI is InChI=1S/C30H30ClN3O5/c1-17(2)16-39-24-12-7-19(13-25(24)38-4)29-26-27(22-14-20(31)8-11-23(22)35)32-33-28(26)30(36)34(29)15-18-5-9-21(37-3)10-6-18/h5-14,17,29,35H,15-16H2,1-4H3,(H,32,33). The van der Waals surface area contributed by atoms with E-state index < -0.39 is 6.04 Å². The summed E-state index contributed by atoms with van der Waals surface area (Å²) in [6.07, 6.45) is 0. The minimum atomic E-state index is -0.519. The Morgan fingerprint density at radius 1 is 1.03 bits per heavy atom. The molecule has 0 aliphatic carbocycles. The number of aromatic nitrogens is 2. The molecule has 9 heteroatoms. The molecule has 0 fully saturated rings. The van der Waals surface area contributed by atoms with Gasteiger partial charge in [-0.05, 0) is 59.5 Å². The van der Waals surface area contributed by atoms with Gasteiger partial charge in [0, 0.05) is 22.7 Å². The Morgan fingerprint density at radius 3 is 2.49 bits per heavy atom. The average Bonchev–Trinajstić information content (AvgIpc) is 3.48. The number of benzene rings is 3. The molecule has 1 aliphatic rings. The first-order valence-electron chi connectivity index (χ1n) is 12.6. The summed E-state index contributed by atoms with van der Waals surface area (Å²) in [5, 5.41) is 18.5. The number of hydrogen-bond acceptors (Lipinski definition) is 6. The van der Waals surface area contributed by atoms with Gasteiger partial charge in [0.2, 0.25) is 0 Å². The number of amides is 1. The summed E-state index contributed by atoms with van der Waals surface area (Å²) in [5.41, 5.74) is 3.66. The SMILES string of the molecule is COc1ccc(CN2C(=O)c3[nH]nc(-c4cc(Cl)ccc4O)c3C2c2ccc(OCC(C)C)c(OC)c2)cc1. The Labute approximate surface area is 232 Å². The highest BCUT2D eigenvalue weighted by Crippen LogP contribution is 2.47. The number of ether oxygens (including phenoxy) is 3.